The maximum atomic E-state index is 12.1. The number of aryl methyl sites for hydroxylation is 1. The van der Waals surface area contributed by atoms with Gasteiger partial charge in [0.15, 0.2) is 5.82 Å². The summed E-state index contributed by atoms with van der Waals surface area (Å²) in [5, 5.41) is 9.63. The Morgan fingerprint density at radius 1 is 1.53 bits per heavy atom. The van der Waals surface area contributed by atoms with Crippen molar-refractivity contribution in [3.05, 3.63) is 35.7 Å². The number of pyridine rings is 1. The van der Waals surface area contributed by atoms with Gasteiger partial charge in [0.05, 0.1) is 7.11 Å². The van der Waals surface area contributed by atoms with Gasteiger partial charge in [-0.15, -0.1) is 0 Å². The molecule has 6 heteroatoms. The zero-order valence-electron chi connectivity index (χ0n) is 10.9. The van der Waals surface area contributed by atoms with Crippen molar-refractivity contribution in [1.82, 2.24) is 15.2 Å². The number of carbonyl (C=O) groups is 1. The fourth-order valence-electron chi connectivity index (χ4n) is 1.73. The van der Waals surface area contributed by atoms with Gasteiger partial charge < -0.3 is 10.1 Å². The molecule has 2 N–H and O–H groups in total. The molecule has 0 bridgehead atoms. The molecule has 0 aliphatic carbocycles. The van der Waals surface area contributed by atoms with E-state index in [1.54, 1.807) is 18.3 Å². The summed E-state index contributed by atoms with van der Waals surface area (Å²) in [5.74, 6) is 0.503. The fourth-order valence-corrected chi connectivity index (χ4v) is 1.73. The van der Waals surface area contributed by atoms with Crippen molar-refractivity contribution in [1.29, 1.82) is 0 Å². The van der Waals surface area contributed by atoms with Gasteiger partial charge >= 0.3 is 0 Å². The van der Waals surface area contributed by atoms with Gasteiger partial charge in [-0.05, 0) is 18.6 Å². The molecule has 2 aromatic rings. The average molecular weight is 260 g/mol. The highest BCUT2D eigenvalue weighted by atomic mass is 16.5. The molecule has 0 saturated heterocycles. The Balaban J connectivity index is 2.11. The third-order valence-electron chi connectivity index (χ3n) is 2.60. The van der Waals surface area contributed by atoms with E-state index in [0.29, 0.717) is 17.3 Å². The number of nitrogens with zero attached hydrogens (tertiary/aromatic N) is 2. The summed E-state index contributed by atoms with van der Waals surface area (Å²) < 4.78 is 5.05. The molecule has 100 valence electrons. The Morgan fingerprint density at radius 3 is 3.11 bits per heavy atom. The number of hydrogen-bond donors (Lipinski definition) is 2. The zero-order chi connectivity index (χ0) is 13.7. The molecule has 2 heterocycles. The number of aromatic amines is 1. The molecule has 0 aromatic carbocycles. The number of nitrogens with one attached hydrogen (secondary N) is 2. The minimum Gasteiger partial charge on any atom is -0.480 e. The minimum atomic E-state index is -0.292. The largest absolute Gasteiger partial charge is 0.480 e. The molecule has 0 saturated carbocycles. The van der Waals surface area contributed by atoms with Crippen LogP contribution in [0, 0.1) is 0 Å². The van der Waals surface area contributed by atoms with Crippen LogP contribution in [0.4, 0.5) is 5.82 Å². The minimum absolute atomic E-state index is 0.292. The first-order valence-corrected chi connectivity index (χ1v) is 6.09. The Labute approximate surface area is 111 Å². The van der Waals surface area contributed by atoms with Gasteiger partial charge in [0, 0.05) is 18.0 Å². The van der Waals surface area contributed by atoms with Gasteiger partial charge in [0.25, 0.3) is 5.91 Å². The van der Waals surface area contributed by atoms with E-state index in [-0.39, 0.29) is 5.91 Å². The topological polar surface area (TPSA) is 79.9 Å². The van der Waals surface area contributed by atoms with Crippen molar-refractivity contribution < 1.29 is 9.53 Å². The number of aromatic nitrogens is 3. The van der Waals surface area contributed by atoms with Crippen molar-refractivity contribution in [2.75, 3.05) is 12.4 Å². The van der Waals surface area contributed by atoms with Crippen molar-refractivity contribution >= 4 is 11.7 Å². The lowest BCUT2D eigenvalue weighted by molar-refractivity contribution is 0.102. The van der Waals surface area contributed by atoms with E-state index in [0.717, 1.165) is 18.5 Å². The molecule has 0 atom stereocenters. The van der Waals surface area contributed by atoms with Crippen LogP contribution in [-0.4, -0.2) is 28.2 Å². The molecule has 1 amide bonds. The monoisotopic (exact) mass is 260 g/mol. The number of hydrogen-bond acceptors (Lipinski definition) is 4. The molecule has 0 spiro atoms. The van der Waals surface area contributed by atoms with E-state index in [9.17, 15) is 4.79 Å². The highest BCUT2D eigenvalue weighted by Gasteiger charge is 2.14. The van der Waals surface area contributed by atoms with Crippen LogP contribution in [0.25, 0.3) is 0 Å². The number of rotatable bonds is 5. The van der Waals surface area contributed by atoms with Crippen molar-refractivity contribution in [3.8, 4) is 5.88 Å². The smallest absolute Gasteiger partial charge is 0.262 e. The van der Waals surface area contributed by atoms with E-state index < -0.39 is 0 Å². The maximum Gasteiger partial charge on any atom is 0.262 e. The second-order valence-corrected chi connectivity index (χ2v) is 4.04. The summed E-state index contributed by atoms with van der Waals surface area (Å²) in [4.78, 5) is 16.1. The number of ether oxygens (including phenoxy) is 1. The summed E-state index contributed by atoms with van der Waals surface area (Å²) in [5.41, 5.74) is 1.38. The Morgan fingerprint density at radius 2 is 2.37 bits per heavy atom. The average Bonchev–Trinajstić information content (AvgIpc) is 2.86. The van der Waals surface area contributed by atoms with Crippen LogP contribution < -0.4 is 10.1 Å². The number of H-pyrrole nitrogens is 1. The molecule has 2 aromatic heterocycles. The van der Waals surface area contributed by atoms with E-state index in [4.69, 9.17) is 4.74 Å². The van der Waals surface area contributed by atoms with Crippen LogP contribution >= 0.6 is 0 Å². The maximum absolute atomic E-state index is 12.1. The second-order valence-electron chi connectivity index (χ2n) is 4.04. The molecule has 0 unspecified atom stereocenters. The van der Waals surface area contributed by atoms with Crippen LogP contribution in [0.15, 0.2) is 24.4 Å². The van der Waals surface area contributed by atoms with E-state index in [1.165, 1.54) is 7.11 Å². The van der Waals surface area contributed by atoms with Gasteiger partial charge in [0.2, 0.25) is 5.88 Å². The molecule has 0 aliphatic rings. The van der Waals surface area contributed by atoms with Crippen LogP contribution in [0.2, 0.25) is 0 Å². The Hall–Kier alpha value is -2.37. The molecule has 0 aliphatic heterocycles. The predicted molar refractivity (Wildman–Crippen MR) is 71.3 cm³/mol. The van der Waals surface area contributed by atoms with Crippen LogP contribution in [0.1, 0.15) is 29.4 Å². The summed E-state index contributed by atoms with van der Waals surface area (Å²) in [6.45, 7) is 2.08. The van der Waals surface area contributed by atoms with Gasteiger partial charge in [-0.25, -0.2) is 4.98 Å². The normalized spacial score (nSPS) is 10.2. The van der Waals surface area contributed by atoms with E-state index in [2.05, 4.69) is 27.4 Å². The summed E-state index contributed by atoms with van der Waals surface area (Å²) in [6, 6.07) is 5.16. The summed E-state index contributed by atoms with van der Waals surface area (Å²) >= 11 is 0. The third-order valence-corrected chi connectivity index (χ3v) is 2.60. The van der Waals surface area contributed by atoms with Gasteiger partial charge in [-0.1, -0.05) is 13.3 Å². The van der Waals surface area contributed by atoms with Crippen molar-refractivity contribution in [3.63, 3.8) is 0 Å². The third kappa shape index (κ3) is 3.09. The lowest BCUT2D eigenvalue weighted by atomic mass is 10.2. The molecule has 0 radical (unpaired) electrons. The predicted octanol–water partition coefficient (Wildman–Crippen LogP) is 2.02. The molecular formula is C13H16N4O2. The molecule has 2 rings (SSSR count). The van der Waals surface area contributed by atoms with Crippen LogP contribution in [0.3, 0.4) is 0 Å². The van der Waals surface area contributed by atoms with E-state index >= 15 is 0 Å². The fraction of sp³-hybridized carbons (Fsp3) is 0.308. The van der Waals surface area contributed by atoms with Crippen molar-refractivity contribution in [2.45, 2.75) is 19.8 Å². The molecule has 19 heavy (non-hydrogen) atoms. The second kappa shape index (κ2) is 5.99. The standard InChI is InChI=1S/C13H16N4O2/c1-3-5-9-8-11(17-16-9)15-12(18)10-6-4-7-14-13(10)19-2/h4,6-8H,3,5H2,1-2H3,(H2,15,16,17,18). The quantitative estimate of drug-likeness (QED) is 0.861. The first-order chi connectivity index (χ1) is 9.24. The Kier molecular flexibility index (Phi) is 4.12. The number of amides is 1. The number of anilines is 1. The number of carbonyl (C=O) groups excluding carboxylic acids is 1. The molecule has 6 nitrogen and oxygen atoms in total. The molecular weight excluding hydrogens is 244 g/mol. The van der Waals surface area contributed by atoms with E-state index in [1.807, 2.05) is 6.07 Å². The summed E-state index contributed by atoms with van der Waals surface area (Å²) in [7, 11) is 1.48. The highest BCUT2D eigenvalue weighted by Crippen LogP contribution is 2.16. The first kappa shape index (κ1) is 13.1. The summed E-state index contributed by atoms with van der Waals surface area (Å²) in [6.07, 6.45) is 3.49. The lowest BCUT2D eigenvalue weighted by Crippen LogP contribution is -2.14. The number of methoxy groups -OCH3 is 1. The van der Waals surface area contributed by atoms with Gasteiger partial charge in [-0.2, -0.15) is 5.10 Å². The lowest BCUT2D eigenvalue weighted by Gasteiger charge is -2.05. The van der Waals surface area contributed by atoms with Crippen LogP contribution in [0.5, 0.6) is 5.88 Å². The highest BCUT2D eigenvalue weighted by molar-refractivity contribution is 6.05. The van der Waals surface area contributed by atoms with Gasteiger partial charge in [0.1, 0.15) is 5.56 Å². The molecule has 0 fully saturated rings. The zero-order valence-corrected chi connectivity index (χ0v) is 10.9. The first-order valence-electron chi connectivity index (χ1n) is 6.09. The van der Waals surface area contributed by atoms with Crippen molar-refractivity contribution in [2.24, 2.45) is 0 Å². The SMILES string of the molecule is CCCc1cc(NC(=O)c2cccnc2OC)n[nH]1. The van der Waals surface area contributed by atoms with Gasteiger partial charge in [-0.3, -0.25) is 9.89 Å². The Bertz CT molecular complexity index is 565. The van der Waals surface area contributed by atoms with Crippen LogP contribution in [-0.2, 0) is 6.42 Å².